The number of ether oxygens (including phenoxy) is 1. The van der Waals surface area contributed by atoms with Crippen LogP contribution < -0.4 is 10.2 Å². The van der Waals surface area contributed by atoms with Crippen molar-refractivity contribution in [2.45, 2.75) is 18.7 Å². The lowest BCUT2D eigenvalue weighted by Gasteiger charge is -2.18. The number of nitrogens with one attached hydrogen (secondary N) is 1. The molecule has 0 aliphatic carbocycles. The first-order valence-corrected chi connectivity index (χ1v) is 12.2. The molecule has 0 fully saturated rings. The van der Waals surface area contributed by atoms with Crippen LogP contribution in [0.1, 0.15) is 22.8 Å². The van der Waals surface area contributed by atoms with Gasteiger partial charge in [-0.3, -0.25) is 9.59 Å². The number of halogens is 1. The fourth-order valence-corrected chi connectivity index (χ4v) is 4.58. The van der Waals surface area contributed by atoms with Crippen LogP contribution in [-0.4, -0.2) is 24.4 Å². The second kappa shape index (κ2) is 10.3. The van der Waals surface area contributed by atoms with Crippen LogP contribution >= 0.6 is 27.7 Å². The minimum atomic E-state index is -0.597. The van der Waals surface area contributed by atoms with Crippen molar-refractivity contribution in [2.24, 2.45) is 0 Å². The number of rotatable bonds is 7. The zero-order chi connectivity index (χ0) is 24.2. The van der Waals surface area contributed by atoms with Crippen LogP contribution in [0.5, 0.6) is 0 Å². The van der Waals surface area contributed by atoms with Gasteiger partial charge in [0, 0.05) is 15.1 Å². The number of nitrogens with zero attached hydrogens (tertiary/aromatic N) is 1. The van der Waals surface area contributed by atoms with Gasteiger partial charge in [0.25, 0.3) is 11.8 Å². The largest absolute Gasteiger partial charge is 0.462 e. The average Bonchev–Trinajstić information content (AvgIpc) is 3.06. The fourth-order valence-electron chi connectivity index (χ4n) is 3.39. The third kappa shape index (κ3) is 4.93. The third-order valence-electron chi connectivity index (χ3n) is 5.04. The van der Waals surface area contributed by atoms with Gasteiger partial charge in [0.15, 0.2) is 0 Å². The maximum atomic E-state index is 13.6. The van der Waals surface area contributed by atoms with Gasteiger partial charge in [-0.1, -0.05) is 57.5 Å². The molecule has 1 heterocycles. The van der Waals surface area contributed by atoms with Gasteiger partial charge in [0.2, 0.25) is 0 Å². The summed E-state index contributed by atoms with van der Waals surface area (Å²) in [6, 6.07) is 21.4. The van der Waals surface area contributed by atoms with Crippen molar-refractivity contribution in [2.75, 3.05) is 16.8 Å². The summed E-state index contributed by atoms with van der Waals surface area (Å²) in [6.07, 6.45) is 0. The molecule has 1 aliphatic heterocycles. The lowest BCUT2D eigenvalue weighted by molar-refractivity contribution is -0.120. The van der Waals surface area contributed by atoms with Crippen molar-refractivity contribution in [1.29, 1.82) is 0 Å². The van der Waals surface area contributed by atoms with E-state index in [9.17, 15) is 14.4 Å². The number of aryl methyl sites for hydroxylation is 1. The highest BCUT2D eigenvalue weighted by Crippen LogP contribution is 2.39. The third-order valence-corrected chi connectivity index (χ3v) is 6.66. The summed E-state index contributed by atoms with van der Waals surface area (Å²) in [5.74, 6) is -1.65. The van der Waals surface area contributed by atoms with Gasteiger partial charge < -0.3 is 10.1 Å². The summed E-state index contributed by atoms with van der Waals surface area (Å²) in [4.78, 5) is 41.8. The Morgan fingerprint density at radius 2 is 1.65 bits per heavy atom. The van der Waals surface area contributed by atoms with Gasteiger partial charge in [0.1, 0.15) is 10.6 Å². The highest BCUT2D eigenvalue weighted by Gasteiger charge is 2.41. The molecule has 0 unspecified atom stereocenters. The average molecular weight is 537 g/mol. The van der Waals surface area contributed by atoms with Gasteiger partial charge in [-0.25, -0.2) is 9.69 Å². The SMILES string of the molecule is CCOC(=O)c1ccccc1N1C(=O)C(Nc2ccc(Br)cc2)=C(Sc2ccc(C)cc2)C1=O. The Morgan fingerprint density at radius 3 is 2.32 bits per heavy atom. The van der Waals surface area contributed by atoms with E-state index >= 15 is 0 Å². The van der Waals surface area contributed by atoms with E-state index in [0.717, 1.165) is 19.8 Å². The summed E-state index contributed by atoms with van der Waals surface area (Å²) >= 11 is 4.60. The predicted molar refractivity (Wildman–Crippen MR) is 137 cm³/mol. The Labute approximate surface area is 210 Å². The molecule has 1 aliphatic rings. The van der Waals surface area contributed by atoms with Crippen LogP contribution in [0.25, 0.3) is 0 Å². The lowest BCUT2D eigenvalue weighted by atomic mass is 10.1. The van der Waals surface area contributed by atoms with Gasteiger partial charge in [0.05, 0.1) is 17.9 Å². The first-order chi connectivity index (χ1) is 16.4. The number of thioether (sulfide) groups is 1. The number of amides is 2. The van der Waals surface area contributed by atoms with Crippen molar-refractivity contribution in [1.82, 2.24) is 0 Å². The molecule has 0 saturated carbocycles. The highest BCUT2D eigenvalue weighted by molar-refractivity contribution is 9.10. The predicted octanol–water partition coefficient (Wildman–Crippen LogP) is 5.92. The Balaban J connectivity index is 1.76. The van der Waals surface area contributed by atoms with Crippen molar-refractivity contribution < 1.29 is 19.1 Å². The molecule has 0 spiro atoms. The molecule has 0 atom stereocenters. The van der Waals surface area contributed by atoms with Crippen LogP contribution in [-0.2, 0) is 14.3 Å². The number of hydrogen-bond donors (Lipinski definition) is 1. The van der Waals surface area contributed by atoms with Crippen molar-refractivity contribution in [3.63, 3.8) is 0 Å². The first kappa shape index (κ1) is 23.8. The van der Waals surface area contributed by atoms with E-state index in [1.807, 2.05) is 43.3 Å². The number of imide groups is 1. The number of carbonyl (C=O) groups excluding carboxylic acids is 3. The normalized spacial score (nSPS) is 13.4. The molecule has 0 radical (unpaired) electrons. The van der Waals surface area contributed by atoms with Gasteiger partial charge in [-0.2, -0.15) is 0 Å². The van der Waals surface area contributed by atoms with E-state index in [-0.39, 0.29) is 28.5 Å². The molecule has 3 aromatic rings. The van der Waals surface area contributed by atoms with Crippen LogP contribution in [0, 0.1) is 6.92 Å². The Morgan fingerprint density at radius 1 is 0.971 bits per heavy atom. The summed E-state index contributed by atoms with van der Waals surface area (Å²) in [5, 5.41) is 3.11. The van der Waals surface area contributed by atoms with Gasteiger partial charge >= 0.3 is 5.97 Å². The standard InChI is InChI=1S/C26H21BrN2O4S/c1-3-33-26(32)20-6-4-5-7-21(20)29-24(30)22(28-18-12-10-17(27)11-13-18)23(25(29)31)34-19-14-8-16(2)9-15-19/h4-15,28H,3H2,1-2H3. The monoisotopic (exact) mass is 536 g/mol. The topological polar surface area (TPSA) is 75.7 Å². The molecule has 8 heteroatoms. The lowest BCUT2D eigenvalue weighted by Crippen LogP contribution is -2.33. The van der Waals surface area contributed by atoms with E-state index < -0.39 is 17.8 Å². The molecule has 1 N–H and O–H groups in total. The van der Waals surface area contributed by atoms with Crippen LogP contribution in [0.15, 0.2) is 92.8 Å². The molecular weight excluding hydrogens is 516 g/mol. The van der Waals surface area contributed by atoms with E-state index in [1.54, 1.807) is 43.3 Å². The van der Waals surface area contributed by atoms with Gasteiger partial charge in [-0.05, 0) is 62.4 Å². The number of esters is 1. The molecule has 0 bridgehead atoms. The maximum Gasteiger partial charge on any atom is 0.340 e. The van der Waals surface area contributed by atoms with Crippen LogP contribution in [0.3, 0.4) is 0 Å². The van der Waals surface area contributed by atoms with E-state index in [2.05, 4.69) is 21.2 Å². The molecule has 0 aromatic heterocycles. The molecule has 3 aromatic carbocycles. The molecule has 0 saturated heterocycles. The number of carbonyl (C=O) groups is 3. The van der Waals surface area contributed by atoms with E-state index in [4.69, 9.17) is 4.74 Å². The fraction of sp³-hybridized carbons (Fsp3) is 0.115. The molecule has 4 rings (SSSR count). The second-order valence-corrected chi connectivity index (χ2v) is 9.43. The number of anilines is 2. The molecule has 34 heavy (non-hydrogen) atoms. The number of hydrogen-bond acceptors (Lipinski definition) is 6. The molecular formula is C26H21BrN2O4S. The van der Waals surface area contributed by atoms with Crippen LogP contribution in [0.2, 0.25) is 0 Å². The van der Waals surface area contributed by atoms with Crippen molar-refractivity contribution >= 4 is 56.9 Å². The maximum absolute atomic E-state index is 13.6. The van der Waals surface area contributed by atoms with Crippen molar-refractivity contribution in [3.8, 4) is 0 Å². The molecule has 172 valence electrons. The highest BCUT2D eigenvalue weighted by atomic mass is 79.9. The summed E-state index contributed by atoms with van der Waals surface area (Å²) in [6.45, 7) is 3.86. The second-order valence-electron chi connectivity index (χ2n) is 7.43. The Hall–Kier alpha value is -3.36. The number of para-hydroxylation sites is 1. The van der Waals surface area contributed by atoms with Crippen molar-refractivity contribution in [3.05, 3.63) is 99.0 Å². The molecule has 6 nitrogen and oxygen atoms in total. The smallest absolute Gasteiger partial charge is 0.340 e. The van der Waals surface area contributed by atoms with Gasteiger partial charge in [-0.15, -0.1) is 0 Å². The summed E-state index contributed by atoms with van der Waals surface area (Å²) in [5.41, 5.74) is 2.23. The molecule has 2 amide bonds. The zero-order valence-corrected chi connectivity index (χ0v) is 20.9. The first-order valence-electron chi connectivity index (χ1n) is 10.6. The number of benzene rings is 3. The summed E-state index contributed by atoms with van der Waals surface area (Å²) < 4.78 is 6.03. The minimum Gasteiger partial charge on any atom is -0.462 e. The Bertz CT molecular complexity index is 1220. The Kier molecular flexibility index (Phi) is 7.19. The minimum absolute atomic E-state index is 0.149. The van der Waals surface area contributed by atoms with Crippen LogP contribution in [0.4, 0.5) is 11.4 Å². The zero-order valence-electron chi connectivity index (χ0n) is 18.5. The van der Waals surface area contributed by atoms with E-state index in [0.29, 0.717) is 5.69 Å². The van der Waals surface area contributed by atoms with E-state index in [1.165, 1.54) is 11.8 Å². The summed E-state index contributed by atoms with van der Waals surface area (Å²) in [7, 11) is 0. The quantitative estimate of drug-likeness (QED) is 0.298.